The summed E-state index contributed by atoms with van der Waals surface area (Å²) in [5.74, 6) is 0.756. The second-order valence-corrected chi connectivity index (χ2v) is 2.40. The first-order chi connectivity index (χ1) is 5.79. The average Bonchev–Trinajstić information content (AvgIpc) is 2.16. The van der Waals surface area contributed by atoms with E-state index in [1.165, 1.54) is 0 Å². The highest BCUT2D eigenvalue weighted by atomic mass is 16.5. The number of methoxy groups -OCH3 is 2. The third-order valence-corrected chi connectivity index (χ3v) is 1.70. The maximum Gasteiger partial charge on any atom is 0.135 e. The minimum atomic E-state index is -0.416. The van der Waals surface area contributed by atoms with Gasteiger partial charge < -0.3 is 15.2 Å². The standard InChI is InChI=1S/C9H13NO2/c1-11-8-6-4-3-5-7(8)9(10)12-2/h3-6,9H,10H2,1-2H3. The average molecular weight is 167 g/mol. The summed E-state index contributed by atoms with van der Waals surface area (Å²) < 4.78 is 10.1. The van der Waals surface area contributed by atoms with Crippen LogP contribution in [0.4, 0.5) is 0 Å². The van der Waals surface area contributed by atoms with Crippen LogP contribution in [0, 0.1) is 0 Å². The molecule has 0 saturated heterocycles. The first-order valence-electron chi connectivity index (χ1n) is 3.71. The summed E-state index contributed by atoms with van der Waals surface area (Å²) in [6, 6.07) is 7.53. The molecule has 0 aliphatic carbocycles. The molecular formula is C9H13NO2. The van der Waals surface area contributed by atoms with Crippen LogP contribution in [0.1, 0.15) is 11.8 Å². The lowest BCUT2D eigenvalue weighted by atomic mass is 10.2. The molecule has 1 rings (SSSR count). The molecule has 12 heavy (non-hydrogen) atoms. The van der Waals surface area contributed by atoms with Crippen LogP contribution < -0.4 is 10.5 Å². The predicted octanol–water partition coefficient (Wildman–Crippen LogP) is 1.30. The highest BCUT2D eigenvalue weighted by Gasteiger charge is 2.08. The molecule has 0 aliphatic rings. The van der Waals surface area contributed by atoms with Crippen molar-refractivity contribution in [1.82, 2.24) is 0 Å². The minimum absolute atomic E-state index is 0.416. The number of para-hydroxylation sites is 1. The Labute approximate surface area is 72.1 Å². The predicted molar refractivity (Wildman–Crippen MR) is 46.9 cm³/mol. The molecule has 3 nitrogen and oxygen atoms in total. The molecular weight excluding hydrogens is 154 g/mol. The molecule has 0 radical (unpaired) electrons. The van der Waals surface area contributed by atoms with Crippen molar-refractivity contribution < 1.29 is 9.47 Å². The Morgan fingerprint density at radius 1 is 1.25 bits per heavy atom. The summed E-state index contributed by atoms with van der Waals surface area (Å²) in [4.78, 5) is 0. The van der Waals surface area contributed by atoms with Gasteiger partial charge in [-0.3, -0.25) is 0 Å². The van der Waals surface area contributed by atoms with Crippen molar-refractivity contribution in [2.75, 3.05) is 14.2 Å². The highest BCUT2D eigenvalue weighted by Crippen LogP contribution is 2.22. The van der Waals surface area contributed by atoms with E-state index in [1.54, 1.807) is 14.2 Å². The smallest absolute Gasteiger partial charge is 0.135 e. The molecule has 0 heterocycles. The van der Waals surface area contributed by atoms with Crippen molar-refractivity contribution in [3.05, 3.63) is 29.8 Å². The molecule has 1 aromatic rings. The van der Waals surface area contributed by atoms with Gasteiger partial charge in [0.15, 0.2) is 0 Å². The zero-order valence-electron chi connectivity index (χ0n) is 7.28. The van der Waals surface area contributed by atoms with Crippen LogP contribution in [0.2, 0.25) is 0 Å². The molecule has 1 aromatic carbocycles. The molecule has 1 atom stereocenters. The SMILES string of the molecule is COc1ccccc1C(N)OC. The van der Waals surface area contributed by atoms with E-state index in [1.807, 2.05) is 24.3 Å². The van der Waals surface area contributed by atoms with Crippen LogP contribution in [0.15, 0.2) is 24.3 Å². The molecule has 66 valence electrons. The first kappa shape index (κ1) is 9.03. The fourth-order valence-corrected chi connectivity index (χ4v) is 1.03. The molecule has 2 N–H and O–H groups in total. The fraction of sp³-hybridized carbons (Fsp3) is 0.333. The molecule has 0 spiro atoms. The van der Waals surface area contributed by atoms with Gasteiger partial charge in [0.25, 0.3) is 0 Å². The van der Waals surface area contributed by atoms with Crippen LogP contribution in [-0.2, 0) is 4.74 Å². The Balaban J connectivity index is 2.96. The summed E-state index contributed by atoms with van der Waals surface area (Å²) in [6.45, 7) is 0. The minimum Gasteiger partial charge on any atom is -0.496 e. The summed E-state index contributed by atoms with van der Waals surface area (Å²) in [5, 5.41) is 0. The van der Waals surface area contributed by atoms with Gasteiger partial charge in [-0.15, -0.1) is 0 Å². The Bertz CT molecular complexity index is 250. The largest absolute Gasteiger partial charge is 0.496 e. The Kier molecular flexibility index (Phi) is 3.08. The van der Waals surface area contributed by atoms with Crippen molar-refractivity contribution in [3.63, 3.8) is 0 Å². The molecule has 0 aromatic heterocycles. The van der Waals surface area contributed by atoms with E-state index < -0.39 is 6.23 Å². The summed E-state index contributed by atoms with van der Waals surface area (Å²) in [6.07, 6.45) is -0.416. The quantitative estimate of drug-likeness (QED) is 0.690. The number of benzene rings is 1. The fourth-order valence-electron chi connectivity index (χ4n) is 1.03. The van der Waals surface area contributed by atoms with Crippen molar-refractivity contribution in [3.8, 4) is 5.75 Å². The number of rotatable bonds is 3. The number of nitrogens with two attached hydrogens (primary N) is 1. The van der Waals surface area contributed by atoms with Gasteiger partial charge in [-0.2, -0.15) is 0 Å². The lowest BCUT2D eigenvalue weighted by Crippen LogP contribution is -2.12. The third-order valence-electron chi connectivity index (χ3n) is 1.70. The maximum atomic E-state index is 5.67. The zero-order valence-corrected chi connectivity index (χ0v) is 7.28. The van der Waals surface area contributed by atoms with Crippen LogP contribution >= 0.6 is 0 Å². The van der Waals surface area contributed by atoms with E-state index in [4.69, 9.17) is 15.2 Å². The Hall–Kier alpha value is -1.06. The van der Waals surface area contributed by atoms with E-state index in [0.29, 0.717) is 0 Å². The van der Waals surface area contributed by atoms with Gasteiger partial charge in [0, 0.05) is 12.7 Å². The van der Waals surface area contributed by atoms with Crippen LogP contribution in [0.5, 0.6) is 5.75 Å². The molecule has 0 aliphatic heterocycles. The highest BCUT2D eigenvalue weighted by molar-refractivity contribution is 5.34. The van der Waals surface area contributed by atoms with Gasteiger partial charge in [0.1, 0.15) is 12.0 Å². The van der Waals surface area contributed by atoms with Crippen LogP contribution in [0.3, 0.4) is 0 Å². The normalized spacial score (nSPS) is 12.6. The second kappa shape index (κ2) is 4.09. The zero-order chi connectivity index (χ0) is 8.97. The van der Waals surface area contributed by atoms with Gasteiger partial charge in [0.2, 0.25) is 0 Å². The monoisotopic (exact) mass is 167 g/mol. The summed E-state index contributed by atoms with van der Waals surface area (Å²) in [5.41, 5.74) is 6.53. The summed E-state index contributed by atoms with van der Waals surface area (Å²) >= 11 is 0. The lowest BCUT2D eigenvalue weighted by molar-refractivity contribution is 0.107. The van der Waals surface area contributed by atoms with Crippen molar-refractivity contribution in [1.29, 1.82) is 0 Å². The molecule has 0 amide bonds. The number of hydrogen-bond acceptors (Lipinski definition) is 3. The second-order valence-electron chi connectivity index (χ2n) is 2.40. The van der Waals surface area contributed by atoms with Crippen LogP contribution in [0.25, 0.3) is 0 Å². The topological polar surface area (TPSA) is 44.5 Å². The molecule has 0 fully saturated rings. The van der Waals surface area contributed by atoms with E-state index in [9.17, 15) is 0 Å². The van der Waals surface area contributed by atoms with Gasteiger partial charge in [-0.05, 0) is 6.07 Å². The third kappa shape index (κ3) is 1.75. The van der Waals surface area contributed by atoms with Crippen LogP contribution in [-0.4, -0.2) is 14.2 Å². The molecule has 0 bridgehead atoms. The lowest BCUT2D eigenvalue weighted by Gasteiger charge is -2.13. The van der Waals surface area contributed by atoms with Gasteiger partial charge in [0.05, 0.1) is 7.11 Å². The molecule has 3 heteroatoms. The van der Waals surface area contributed by atoms with Crippen molar-refractivity contribution in [2.45, 2.75) is 6.23 Å². The van der Waals surface area contributed by atoms with Gasteiger partial charge in [-0.1, -0.05) is 18.2 Å². The Morgan fingerprint density at radius 2 is 1.92 bits per heavy atom. The van der Waals surface area contributed by atoms with E-state index in [0.717, 1.165) is 11.3 Å². The van der Waals surface area contributed by atoms with Crippen molar-refractivity contribution >= 4 is 0 Å². The van der Waals surface area contributed by atoms with E-state index >= 15 is 0 Å². The van der Waals surface area contributed by atoms with E-state index in [2.05, 4.69) is 0 Å². The molecule has 1 unspecified atom stereocenters. The maximum absolute atomic E-state index is 5.67. The Morgan fingerprint density at radius 3 is 2.50 bits per heavy atom. The van der Waals surface area contributed by atoms with Gasteiger partial charge >= 0.3 is 0 Å². The molecule has 0 saturated carbocycles. The first-order valence-corrected chi connectivity index (χ1v) is 3.71. The van der Waals surface area contributed by atoms with Crippen molar-refractivity contribution in [2.24, 2.45) is 5.73 Å². The van der Waals surface area contributed by atoms with Gasteiger partial charge in [-0.25, -0.2) is 0 Å². The summed E-state index contributed by atoms with van der Waals surface area (Å²) in [7, 11) is 3.18. The number of hydrogen-bond donors (Lipinski definition) is 1. The number of ether oxygens (including phenoxy) is 2. The van der Waals surface area contributed by atoms with E-state index in [-0.39, 0.29) is 0 Å².